The molecule has 1 aromatic carbocycles. The second kappa shape index (κ2) is 5.91. The number of rotatable bonds is 4. The molecule has 3 heteroatoms. The van der Waals surface area contributed by atoms with Gasteiger partial charge in [0, 0.05) is 11.6 Å². The van der Waals surface area contributed by atoms with Gasteiger partial charge in [0.15, 0.2) is 0 Å². The SMILES string of the molecule is CC(C=CC1CC1(C)c1ccc2c(c1)OC(C)(C)C=C2C)=CC(=O)O. The van der Waals surface area contributed by atoms with Crippen LogP contribution < -0.4 is 4.74 Å². The maximum Gasteiger partial charge on any atom is 0.328 e. The first-order valence-corrected chi connectivity index (χ1v) is 8.73. The number of carboxylic acids is 1. The lowest BCUT2D eigenvalue weighted by atomic mass is 9.90. The molecule has 0 amide bonds. The first-order valence-electron chi connectivity index (χ1n) is 8.73. The largest absolute Gasteiger partial charge is 0.483 e. The van der Waals surface area contributed by atoms with Crippen LogP contribution in [-0.2, 0) is 10.2 Å². The Balaban J connectivity index is 1.82. The highest BCUT2D eigenvalue weighted by Gasteiger charge is 2.49. The molecule has 132 valence electrons. The molecule has 3 nitrogen and oxygen atoms in total. The van der Waals surface area contributed by atoms with Crippen LogP contribution in [0, 0.1) is 5.92 Å². The first kappa shape index (κ1) is 17.5. The average molecular weight is 338 g/mol. The molecule has 1 N–H and O–H groups in total. The standard InChI is InChI=1S/C22H26O3/c1-14(10-20(23)24)6-7-17-13-22(17,5)16-8-9-18-15(2)12-21(3,4)25-19(18)11-16/h6-12,17H,13H2,1-5H3,(H,23,24). The molecule has 2 unspecified atom stereocenters. The third-order valence-electron chi connectivity index (χ3n) is 5.25. The lowest BCUT2D eigenvalue weighted by Crippen LogP contribution is -2.28. The van der Waals surface area contributed by atoms with Gasteiger partial charge in [-0.1, -0.05) is 31.2 Å². The van der Waals surface area contributed by atoms with E-state index >= 15 is 0 Å². The van der Waals surface area contributed by atoms with Gasteiger partial charge in [0.1, 0.15) is 11.4 Å². The van der Waals surface area contributed by atoms with E-state index in [9.17, 15) is 4.79 Å². The molecule has 3 rings (SSSR count). The smallest absolute Gasteiger partial charge is 0.328 e. The molecule has 1 aliphatic heterocycles. The van der Waals surface area contributed by atoms with E-state index < -0.39 is 5.97 Å². The second-order valence-corrected chi connectivity index (χ2v) is 8.06. The summed E-state index contributed by atoms with van der Waals surface area (Å²) in [5, 5.41) is 8.79. The molecule has 0 bridgehead atoms. The number of hydrogen-bond donors (Lipinski definition) is 1. The van der Waals surface area contributed by atoms with Gasteiger partial charge in [-0.25, -0.2) is 4.79 Å². The predicted molar refractivity (Wildman–Crippen MR) is 101 cm³/mol. The normalized spacial score (nSPS) is 27.5. The van der Waals surface area contributed by atoms with Crippen molar-refractivity contribution in [3.63, 3.8) is 0 Å². The molecule has 25 heavy (non-hydrogen) atoms. The Bertz CT molecular complexity index is 811. The highest BCUT2D eigenvalue weighted by Crippen LogP contribution is 2.56. The number of hydrogen-bond acceptors (Lipinski definition) is 2. The lowest BCUT2D eigenvalue weighted by molar-refractivity contribution is -0.131. The number of aliphatic carboxylic acids is 1. The van der Waals surface area contributed by atoms with Crippen molar-refractivity contribution in [2.24, 2.45) is 5.92 Å². The highest BCUT2D eigenvalue weighted by atomic mass is 16.5. The zero-order valence-electron chi connectivity index (χ0n) is 15.6. The average Bonchev–Trinajstić information content (AvgIpc) is 3.15. The highest BCUT2D eigenvalue weighted by molar-refractivity contribution is 5.81. The van der Waals surface area contributed by atoms with E-state index in [0.29, 0.717) is 5.92 Å². The van der Waals surface area contributed by atoms with E-state index in [-0.39, 0.29) is 11.0 Å². The van der Waals surface area contributed by atoms with Gasteiger partial charge in [0.2, 0.25) is 0 Å². The summed E-state index contributed by atoms with van der Waals surface area (Å²) in [6.45, 7) is 10.4. The van der Waals surface area contributed by atoms with Crippen LogP contribution in [0.3, 0.4) is 0 Å². The summed E-state index contributed by atoms with van der Waals surface area (Å²) >= 11 is 0. The summed E-state index contributed by atoms with van der Waals surface area (Å²) in [4.78, 5) is 10.7. The molecule has 2 atom stereocenters. The Morgan fingerprint density at radius 1 is 1.32 bits per heavy atom. The van der Waals surface area contributed by atoms with Gasteiger partial charge in [-0.2, -0.15) is 0 Å². The van der Waals surface area contributed by atoms with Crippen molar-refractivity contribution >= 4 is 11.5 Å². The fourth-order valence-electron chi connectivity index (χ4n) is 3.72. The molecule has 0 saturated heterocycles. The van der Waals surface area contributed by atoms with Crippen LogP contribution in [0.2, 0.25) is 0 Å². The number of carboxylic acid groups (broad SMARTS) is 1. The van der Waals surface area contributed by atoms with Crippen molar-refractivity contribution in [3.05, 3.63) is 59.2 Å². The summed E-state index contributed by atoms with van der Waals surface area (Å²) in [6, 6.07) is 6.54. The van der Waals surface area contributed by atoms with E-state index in [1.54, 1.807) is 0 Å². The molecule has 1 aliphatic carbocycles. The lowest BCUT2D eigenvalue weighted by Gasteiger charge is -2.31. The summed E-state index contributed by atoms with van der Waals surface area (Å²) in [5.74, 6) is 0.481. The molecule has 1 saturated carbocycles. The van der Waals surface area contributed by atoms with Crippen LogP contribution >= 0.6 is 0 Å². The summed E-state index contributed by atoms with van der Waals surface area (Å²) in [7, 11) is 0. The minimum atomic E-state index is -0.904. The number of allylic oxidation sites excluding steroid dienone is 4. The van der Waals surface area contributed by atoms with Gasteiger partial charge in [0.05, 0.1) is 0 Å². The zero-order valence-corrected chi connectivity index (χ0v) is 15.6. The van der Waals surface area contributed by atoms with Gasteiger partial charge in [-0.15, -0.1) is 0 Å². The second-order valence-electron chi connectivity index (χ2n) is 8.06. The third kappa shape index (κ3) is 3.55. The molecular formula is C22H26O3. The zero-order chi connectivity index (χ0) is 18.4. The Morgan fingerprint density at radius 3 is 2.72 bits per heavy atom. The topological polar surface area (TPSA) is 46.5 Å². The van der Waals surface area contributed by atoms with Crippen molar-refractivity contribution in [2.75, 3.05) is 0 Å². The van der Waals surface area contributed by atoms with Gasteiger partial charge in [0.25, 0.3) is 0 Å². The van der Waals surface area contributed by atoms with Crippen LogP contribution in [0.15, 0.2) is 48.1 Å². The number of ether oxygens (including phenoxy) is 1. The Kier molecular flexibility index (Phi) is 4.14. The first-order chi connectivity index (χ1) is 11.6. The predicted octanol–water partition coefficient (Wildman–Crippen LogP) is 5.13. The van der Waals surface area contributed by atoms with E-state index in [2.05, 4.69) is 58.0 Å². The summed E-state index contributed by atoms with van der Waals surface area (Å²) < 4.78 is 6.16. The molecule has 2 aliphatic rings. The van der Waals surface area contributed by atoms with Crippen LogP contribution in [0.5, 0.6) is 5.75 Å². The number of carbonyl (C=O) groups is 1. The third-order valence-corrected chi connectivity index (χ3v) is 5.25. The van der Waals surface area contributed by atoms with Gasteiger partial charge >= 0.3 is 5.97 Å². The van der Waals surface area contributed by atoms with Crippen molar-refractivity contribution in [3.8, 4) is 5.75 Å². The maximum absolute atomic E-state index is 10.7. The molecule has 1 heterocycles. The number of fused-ring (bicyclic) bond motifs is 1. The van der Waals surface area contributed by atoms with E-state index in [1.165, 1.54) is 22.8 Å². The quantitative estimate of drug-likeness (QED) is 0.612. The maximum atomic E-state index is 10.7. The monoisotopic (exact) mass is 338 g/mol. The van der Waals surface area contributed by atoms with E-state index in [1.807, 2.05) is 13.0 Å². The Hall–Kier alpha value is -2.29. The Labute approximate surface area is 149 Å². The van der Waals surface area contributed by atoms with Gasteiger partial charge in [-0.3, -0.25) is 0 Å². The number of benzene rings is 1. The molecule has 0 radical (unpaired) electrons. The van der Waals surface area contributed by atoms with E-state index in [4.69, 9.17) is 9.84 Å². The molecule has 0 spiro atoms. The fraction of sp³-hybridized carbons (Fsp3) is 0.409. The molecule has 1 fully saturated rings. The van der Waals surface area contributed by atoms with Crippen LogP contribution in [-0.4, -0.2) is 16.7 Å². The van der Waals surface area contributed by atoms with Gasteiger partial charge in [-0.05, 0) is 74.3 Å². The van der Waals surface area contributed by atoms with Crippen LogP contribution in [0.1, 0.15) is 52.2 Å². The van der Waals surface area contributed by atoms with Crippen molar-refractivity contribution in [2.45, 2.75) is 52.1 Å². The molecule has 1 aromatic rings. The molecular weight excluding hydrogens is 312 g/mol. The van der Waals surface area contributed by atoms with Crippen molar-refractivity contribution in [1.82, 2.24) is 0 Å². The summed E-state index contributed by atoms with van der Waals surface area (Å²) in [6.07, 6.45) is 8.51. The Morgan fingerprint density at radius 2 is 2.04 bits per heavy atom. The van der Waals surface area contributed by atoms with Crippen molar-refractivity contribution in [1.29, 1.82) is 0 Å². The van der Waals surface area contributed by atoms with E-state index in [0.717, 1.165) is 17.7 Å². The fourth-order valence-corrected chi connectivity index (χ4v) is 3.72. The minimum absolute atomic E-state index is 0.0948. The summed E-state index contributed by atoms with van der Waals surface area (Å²) in [5.41, 5.74) is 4.28. The van der Waals surface area contributed by atoms with Crippen LogP contribution in [0.4, 0.5) is 0 Å². The molecule has 0 aromatic heterocycles. The minimum Gasteiger partial charge on any atom is -0.483 e. The van der Waals surface area contributed by atoms with Crippen LogP contribution in [0.25, 0.3) is 5.57 Å². The van der Waals surface area contributed by atoms with Gasteiger partial charge < -0.3 is 9.84 Å². The van der Waals surface area contributed by atoms with Crippen molar-refractivity contribution < 1.29 is 14.6 Å².